The molecular formula is C22H15F5N2O3. The largest absolute Gasteiger partial charge is 0.478 e. The molecule has 0 bridgehead atoms. The number of hydrogen-bond donors (Lipinski definition) is 2. The van der Waals surface area contributed by atoms with Crippen LogP contribution in [0.15, 0.2) is 36.4 Å². The predicted molar refractivity (Wildman–Crippen MR) is 102 cm³/mol. The van der Waals surface area contributed by atoms with Crippen LogP contribution in [-0.4, -0.2) is 27.1 Å². The summed E-state index contributed by atoms with van der Waals surface area (Å²) in [5.41, 5.74) is -2.24. The van der Waals surface area contributed by atoms with Gasteiger partial charge < -0.3 is 5.11 Å². The minimum absolute atomic E-state index is 0.0163. The second-order valence-electron chi connectivity index (χ2n) is 7.43. The number of benzene rings is 2. The van der Waals surface area contributed by atoms with E-state index in [2.05, 4.69) is 10.2 Å². The van der Waals surface area contributed by atoms with Crippen LogP contribution in [0.5, 0.6) is 0 Å². The fourth-order valence-electron chi connectivity index (χ4n) is 4.07. The molecule has 166 valence electrons. The average Bonchev–Trinajstić information content (AvgIpc) is 3.16. The molecule has 0 fully saturated rings. The fourth-order valence-corrected chi connectivity index (χ4v) is 4.07. The zero-order valence-electron chi connectivity index (χ0n) is 16.3. The smallest absolute Gasteiger partial charge is 0.417 e. The number of carbonyl (C=O) groups is 2. The third kappa shape index (κ3) is 3.65. The molecule has 0 radical (unpaired) electrons. The van der Waals surface area contributed by atoms with Gasteiger partial charge in [0.25, 0.3) is 0 Å². The van der Waals surface area contributed by atoms with Crippen molar-refractivity contribution in [1.82, 2.24) is 10.2 Å². The summed E-state index contributed by atoms with van der Waals surface area (Å²) in [5.74, 6) is -5.80. The van der Waals surface area contributed by atoms with Crippen molar-refractivity contribution in [2.45, 2.75) is 31.4 Å². The molecule has 0 amide bonds. The number of rotatable bonds is 4. The molecule has 1 aliphatic carbocycles. The monoisotopic (exact) mass is 450 g/mol. The zero-order valence-corrected chi connectivity index (χ0v) is 16.3. The number of carbonyl (C=O) groups excluding carboxylic acids is 1. The van der Waals surface area contributed by atoms with Crippen LogP contribution in [0.2, 0.25) is 0 Å². The predicted octanol–water partition coefficient (Wildman–Crippen LogP) is 5.37. The zero-order chi connectivity index (χ0) is 23.2. The molecule has 5 nitrogen and oxygen atoms in total. The Balaban J connectivity index is 1.84. The molecule has 1 heterocycles. The lowest BCUT2D eigenvalue weighted by Gasteiger charge is -2.24. The molecule has 1 atom stereocenters. The summed E-state index contributed by atoms with van der Waals surface area (Å²) in [6.45, 7) is 0. The number of hydrogen-bond acceptors (Lipinski definition) is 3. The Kier molecular flexibility index (Phi) is 5.31. The summed E-state index contributed by atoms with van der Waals surface area (Å²) in [6.07, 6.45) is -3.97. The molecule has 1 unspecified atom stereocenters. The Morgan fingerprint density at radius 3 is 2.50 bits per heavy atom. The van der Waals surface area contributed by atoms with Gasteiger partial charge in [-0.15, -0.1) is 0 Å². The highest BCUT2D eigenvalue weighted by Crippen LogP contribution is 2.42. The molecule has 0 aliphatic heterocycles. The first-order valence-electron chi connectivity index (χ1n) is 9.60. The van der Waals surface area contributed by atoms with Gasteiger partial charge >= 0.3 is 12.1 Å². The van der Waals surface area contributed by atoms with Crippen molar-refractivity contribution in [3.05, 3.63) is 76.0 Å². The number of aromatic nitrogens is 2. The van der Waals surface area contributed by atoms with Crippen LogP contribution in [0.1, 0.15) is 56.3 Å². The molecule has 0 saturated heterocycles. The van der Waals surface area contributed by atoms with E-state index in [4.69, 9.17) is 5.11 Å². The number of fused-ring (bicyclic) bond motifs is 1. The Hall–Kier alpha value is -3.56. The number of aromatic amines is 1. The van der Waals surface area contributed by atoms with Crippen LogP contribution in [0, 0.1) is 11.6 Å². The van der Waals surface area contributed by atoms with Gasteiger partial charge in [-0.25, -0.2) is 13.6 Å². The number of aryl methyl sites for hydroxylation is 1. The van der Waals surface area contributed by atoms with Gasteiger partial charge in [0.1, 0.15) is 11.6 Å². The maximum Gasteiger partial charge on any atom is 0.417 e. The maximum atomic E-state index is 14.7. The van der Waals surface area contributed by atoms with E-state index in [0.717, 1.165) is 24.3 Å². The van der Waals surface area contributed by atoms with Gasteiger partial charge in [-0.3, -0.25) is 9.89 Å². The van der Waals surface area contributed by atoms with E-state index in [0.29, 0.717) is 24.6 Å². The van der Waals surface area contributed by atoms with Crippen molar-refractivity contribution < 1.29 is 36.6 Å². The highest BCUT2D eigenvalue weighted by molar-refractivity contribution is 6.03. The average molecular weight is 450 g/mol. The van der Waals surface area contributed by atoms with E-state index in [1.54, 1.807) is 0 Å². The fraction of sp³-hybridized carbons (Fsp3) is 0.227. The third-order valence-electron chi connectivity index (χ3n) is 5.50. The Morgan fingerprint density at radius 2 is 1.84 bits per heavy atom. The number of nitrogens with one attached hydrogen (secondary N) is 1. The number of carboxylic acids is 1. The highest BCUT2D eigenvalue weighted by atomic mass is 19.4. The van der Waals surface area contributed by atoms with Gasteiger partial charge in [0.15, 0.2) is 5.78 Å². The van der Waals surface area contributed by atoms with Gasteiger partial charge in [0.2, 0.25) is 0 Å². The molecule has 2 N–H and O–H groups in total. The van der Waals surface area contributed by atoms with E-state index in [9.17, 15) is 31.5 Å². The minimum Gasteiger partial charge on any atom is -0.478 e. The van der Waals surface area contributed by atoms with Crippen LogP contribution in [0.4, 0.5) is 22.0 Å². The van der Waals surface area contributed by atoms with Crippen molar-refractivity contribution in [3.63, 3.8) is 0 Å². The molecule has 4 rings (SSSR count). The normalized spacial score (nSPS) is 16.0. The number of carboxylic acid groups (broad SMARTS) is 1. The van der Waals surface area contributed by atoms with Gasteiger partial charge in [-0.1, -0.05) is 6.07 Å². The molecule has 0 saturated carbocycles. The van der Waals surface area contributed by atoms with Crippen molar-refractivity contribution >= 4 is 11.8 Å². The van der Waals surface area contributed by atoms with Crippen LogP contribution in [-0.2, 0) is 12.6 Å². The number of Topliss-reactive ketones (excluding diaryl/α,β-unsaturated/α-hetero) is 1. The third-order valence-corrected chi connectivity index (χ3v) is 5.50. The lowest BCUT2D eigenvalue weighted by molar-refractivity contribution is -0.138. The Morgan fingerprint density at radius 1 is 1.09 bits per heavy atom. The minimum atomic E-state index is -4.94. The summed E-state index contributed by atoms with van der Waals surface area (Å²) in [5, 5.41) is 15.7. The molecule has 1 aliphatic rings. The number of ketones is 1. The van der Waals surface area contributed by atoms with E-state index >= 15 is 0 Å². The summed E-state index contributed by atoms with van der Waals surface area (Å²) < 4.78 is 69.5. The van der Waals surface area contributed by atoms with Crippen molar-refractivity contribution in [2.24, 2.45) is 0 Å². The number of aromatic carboxylic acids is 1. The number of H-pyrrole nitrogens is 1. The number of halogens is 5. The van der Waals surface area contributed by atoms with Gasteiger partial charge in [0, 0.05) is 16.8 Å². The number of nitrogens with zero attached hydrogens (tertiary/aromatic N) is 1. The SMILES string of the molecule is O=C(O)c1ccc(-c2n[nH]c3c2C(C(=O)c2c(F)cccc2C(F)(F)F)CCC3)c(F)c1. The molecular weight excluding hydrogens is 435 g/mol. The first-order valence-corrected chi connectivity index (χ1v) is 9.60. The summed E-state index contributed by atoms with van der Waals surface area (Å²) in [6, 6.07) is 5.42. The second kappa shape index (κ2) is 7.85. The maximum absolute atomic E-state index is 14.7. The van der Waals surface area contributed by atoms with Crippen molar-refractivity contribution in [3.8, 4) is 11.3 Å². The first kappa shape index (κ1) is 21.7. The molecule has 10 heteroatoms. The van der Waals surface area contributed by atoms with Crippen LogP contribution < -0.4 is 0 Å². The Bertz CT molecular complexity index is 1230. The standard InChI is InChI=1S/C22H15F5N2O3/c23-14-5-2-4-13(22(25,26)27)18(14)20(30)12-3-1-6-16-17(12)19(29-28-16)11-8-7-10(21(31)32)9-15(11)24/h2,4-5,7-9,12H,1,3,6H2,(H,28,29)(H,31,32). The van der Waals surface area contributed by atoms with E-state index in [1.165, 1.54) is 6.07 Å². The molecule has 2 aromatic carbocycles. The lowest BCUT2D eigenvalue weighted by atomic mass is 9.78. The first-order chi connectivity index (χ1) is 15.1. The Labute approximate surface area is 177 Å². The molecule has 32 heavy (non-hydrogen) atoms. The van der Waals surface area contributed by atoms with E-state index in [-0.39, 0.29) is 28.8 Å². The lowest BCUT2D eigenvalue weighted by Crippen LogP contribution is -2.23. The quantitative estimate of drug-likeness (QED) is 0.413. The van der Waals surface area contributed by atoms with Crippen molar-refractivity contribution in [2.75, 3.05) is 0 Å². The van der Waals surface area contributed by atoms with E-state index < -0.39 is 46.6 Å². The summed E-state index contributed by atoms with van der Waals surface area (Å²) in [7, 11) is 0. The molecule has 1 aromatic heterocycles. The van der Waals surface area contributed by atoms with E-state index in [1.807, 2.05) is 0 Å². The summed E-state index contributed by atoms with van der Waals surface area (Å²) >= 11 is 0. The topological polar surface area (TPSA) is 83.0 Å². The summed E-state index contributed by atoms with van der Waals surface area (Å²) in [4.78, 5) is 24.3. The van der Waals surface area contributed by atoms with Crippen LogP contribution in [0.25, 0.3) is 11.3 Å². The van der Waals surface area contributed by atoms with Gasteiger partial charge in [-0.05, 0) is 49.6 Å². The number of alkyl halides is 3. The van der Waals surface area contributed by atoms with Crippen LogP contribution in [0.3, 0.4) is 0 Å². The second-order valence-corrected chi connectivity index (χ2v) is 7.43. The molecule has 0 spiro atoms. The van der Waals surface area contributed by atoms with Gasteiger partial charge in [-0.2, -0.15) is 18.3 Å². The molecule has 3 aromatic rings. The highest BCUT2D eigenvalue weighted by Gasteiger charge is 2.41. The van der Waals surface area contributed by atoms with Crippen molar-refractivity contribution in [1.29, 1.82) is 0 Å². The van der Waals surface area contributed by atoms with Gasteiger partial charge in [0.05, 0.1) is 28.3 Å². The van der Waals surface area contributed by atoms with Crippen LogP contribution >= 0.6 is 0 Å².